The van der Waals surface area contributed by atoms with E-state index in [4.69, 9.17) is 9.73 Å². The van der Waals surface area contributed by atoms with E-state index in [1.54, 1.807) is 4.90 Å². The van der Waals surface area contributed by atoms with Gasteiger partial charge in [-0.05, 0) is 95.4 Å². The molecule has 0 aliphatic carbocycles. The van der Waals surface area contributed by atoms with Crippen LogP contribution in [-0.2, 0) is 17.6 Å². The van der Waals surface area contributed by atoms with Crippen LogP contribution < -0.4 is 0 Å². The van der Waals surface area contributed by atoms with Crippen molar-refractivity contribution in [1.82, 2.24) is 9.80 Å². The number of likely N-dealkylation sites (N-methyl/N-ethyl adjacent to an activating group) is 1. The van der Waals surface area contributed by atoms with Gasteiger partial charge < -0.3 is 14.5 Å². The van der Waals surface area contributed by atoms with Crippen LogP contribution in [0.2, 0.25) is 0 Å². The Morgan fingerprint density at radius 3 is 2.34 bits per heavy atom. The second-order valence-electron chi connectivity index (χ2n) is 12.9. The topological polar surface area (TPSA) is 45.1 Å². The van der Waals surface area contributed by atoms with Crippen LogP contribution in [0.3, 0.4) is 0 Å². The van der Waals surface area contributed by atoms with Crippen molar-refractivity contribution < 1.29 is 9.53 Å². The fraction of sp³-hybridized carbons (Fsp3) is 0.436. The summed E-state index contributed by atoms with van der Waals surface area (Å²) in [6.07, 6.45) is 3.86. The van der Waals surface area contributed by atoms with Crippen LogP contribution >= 0.6 is 0 Å². The van der Waals surface area contributed by atoms with E-state index in [1.165, 1.54) is 27.8 Å². The third kappa shape index (κ3) is 6.53. The molecule has 0 N–H and O–H groups in total. The molecule has 2 aliphatic heterocycles. The number of carbonyl (C=O) groups excluding carboxylic acids is 1. The first kappa shape index (κ1) is 31.7. The number of piperidine rings is 1. The van der Waals surface area contributed by atoms with Crippen molar-refractivity contribution in [3.05, 3.63) is 112 Å². The van der Waals surface area contributed by atoms with Crippen molar-refractivity contribution in [2.45, 2.75) is 91.5 Å². The van der Waals surface area contributed by atoms with Crippen molar-refractivity contribution in [2.24, 2.45) is 4.99 Å². The first-order valence-corrected chi connectivity index (χ1v) is 16.4. The van der Waals surface area contributed by atoms with Gasteiger partial charge in [0.2, 0.25) is 0 Å². The van der Waals surface area contributed by atoms with Crippen LogP contribution in [-0.4, -0.2) is 59.9 Å². The standard InChI is InChI=1S/C39H49N3O2/c1-9-11-33-23-34-35(22-29(33)10-2)38(40-37-20-21-41(8)24-36(34)37)31-16-18-32(19-17-31)39(43)42(25(3)4)28(7)44-27(6)30-14-12-26(5)13-15-30/h12-19,22-23,25,28,36-37H,6,9-11,20-21,24H2,1-5,7-8H3/t28?,36-,37-/m1/s1. The lowest BCUT2D eigenvalue weighted by molar-refractivity contribution is 0.00420. The minimum absolute atomic E-state index is 0.0521. The highest BCUT2D eigenvalue weighted by Gasteiger charge is 2.36. The van der Waals surface area contributed by atoms with Gasteiger partial charge >= 0.3 is 0 Å². The summed E-state index contributed by atoms with van der Waals surface area (Å²) >= 11 is 0. The first-order chi connectivity index (χ1) is 21.1. The van der Waals surface area contributed by atoms with Crippen molar-refractivity contribution in [1.29, 1.82) is 0 Å². The highest BCUT2D eigenvalue weighted by molar-refractivity contribution is 6.15. The Labute approximate surface area is 264 Å². The molecule has 232 valence electrons. The zero-order valence-corrected chi connectivity index (χ0v) is 27.7. The van der Waals surface area contributed by atoms with E-state index >= 15 is 0 Å². The molecule has 44 heavy (non-hydrogen) atoms. The molecular formula is C39H49N3O2. The maximum absolute atomic E-state index is 13.9. The van der Waals surface area contributed by atoms with E-state index in [2.05, 4.69) is 63.6 Å². The van der Waals surface area contributed by atoms with Gasteiger partial charge in [-0.25, -0.2) is 0 Å². The predicted octanol–water partition coefficient (Wildman–Crippen LogP) is 8.03. The lowest BCUT2D eigenvalue weighted by Gasteiger charge is -2.39. The molecule has 0 bridgehead atoms. The number of nitrogens with zero attached hydrogens (tertiary/aromatic N) is 3. The molecule has 0 aromatic heterocycles. The maximum Gasteiger partial charge on any atom is 0.256 e. The van der Waals surface area contributed by atoms with Gasteiger partial charge in [0, 0.05) is 40.8 Å². The average molecular weight is 592 g/mol. The van der Waals surface area contributed by atoms with E-state index in [0.717, 1.165) is 55.6 Å². The van der Waals surface area contributed by atoms with Gasteiger partial charge in [0.25, 0.3) is 5.91 Å². The van der Waals surface area contributed by atoms with Crippen LogP contribution in [0.5, 0.6) is 0 Å². The Morgan fingerprint density at radius 2 is 1.70 bits per heavy atom. The highest BCUT2D eigenvalue weighted by atomic mass is 16.5. The van der Waals surface area contributed by atoms with Crippen molar-refractivity contribution >= 4 is 17.4 Å². The van der Waals surface area contributed by atoms with E-state index in [1.807, 2.05) is 57.2 Å². The van der Waals surface area contributed by atoms with Crippen LogP contribution in [0.25, 0.3) is 5.76 Å². The van der Waals surface area contributed by atoms with E-state index < -0.39 is 6.23 Å². The van der Waals surface area contributed by atoms with Crippen LogP contribution in [0.15, 0.2) is 72.2 Å². The zero-order chi connectivity index (χ0) is 31.5. The van der Waals surface area contributed by atoms with Gasteiger partial charge in [-0.3, -0.25) is 9.79 Å². The van der Waals surface area contributed by atoms with Gasteiger partial charge in [-0.15, -0.1) is 0 Å². The number of rotatable bonds is 10. The molecular weight excluding hydrogens is 542 g/mol. The third-order valence-corrected chi connectivity index (χ3v) is 9.28. The molecule has 1 unspecified atom stereocenters. The smallest absolute Gasteiger partial charge is 0.256 e. The van der Waals surface area contributed by atoms with Gasteiger partial charge in [0.05, 0.1) is 11.8 Å². The molecule has 5 rings (SSSR count). The monoisotopic (exact) mass is 591 g/mol. The highest BCUT2D eigenvalue weighted by Crippen LogP contribution is 2.39. The summed E-state index contributed by atoms with van der Waals surface area (Å²) in [7, 11) is 2.23. The number of hydrogen-bond acceptors (Lipinski definition) is 4. The number of likely N-dealkylation sites (tertiary alicyclic amines) is 1. The molecule has 3 aromatic carbocycles. The van der Waals surface area contributed by atoms with Crippen molar-refractivity contribution in [2.75, 3.05) is 20.1 Å². The number of carbonyl (C=O) groups is 1. The second kappa shape index (κ2) is 13.5. The average Bonchev–Trinajstić information content (AvgIpc) is 3.01. The first-order valence-electron chi connectivity index (χ1n) is 16.4. The summed E-state index contributed by atoms with van der Waals surface area (Å²) < 4.78 is 6.19. The number of benzene rings is 3. The summed E-state index contributed by atoms with van der Waals surface area (Å²) in [4.78, 5) is 23.5. The molecule has 1 saturated heterocycles. The largest absolute Gasteiger partial charge is 0.471 e. The Balaban J connectivity index is 1.42. The van der Waals surface area contributed by atoms with Crippen molar-refractivity contribution in [3.63, 3.8) is 0 Å². The number of fused-ring (bicyclic) bond motifs is 3. The minimum Gasteiger partial charge on any atom is -0.471 e. The summed E-state index contributed by atoms with van der Waals surface area (Å²) in [5, 5.41) is 0. The molecule has 0 radical (unpaired) electrons. The summed E-state index contributed by atoms with van der Waals surface area (Å²) in [5.74, 6) is 0.918. The lowest BCUT2D eigenvalue weighted by atomic mass is 9.77. The molecule has 3 atom stereocenters. The van der Waals surface area contributed by atoms with E-state index in [-0.39, 0.29) is 18.0 Å². The molecule has 0 spiro atoms. The third-order valence-electron chi connectivity index (χ3n) is 9.28. The number of aliphatic imine (C=N–C) groups is 1. The molecule has 2 heterocycles. The molecule has 1 fully saturated rings. The van der Waals surface area contributed by atoms with Crippen molar-refractivity contribution in [3.8, 4) is 0 Å². The number of hydrogen-bond donors (Lipinski definition) is 0. The quantitative estimate of drug-likeness (QED) is 0.177. The van der Waals surface area contributed by atoms with Gasteiger partial charge in [-0.2, -0.15) is 0 Å². The number of aryl methyl sites for hydroxylation is 3. The van der Waals surface area contributed by atoms with Gasteiger partial charge in [0.1, 0.15) is 5.76 Å². The second-order valence-corrected chi connectivity index (χ2v) is 12.9. The molecule has 5 heteroatoms. The summed E-state index contributed by atoms with van der Waals surface area (Å²) in [6, 6.07) is 21.3. The Morgan fingerprint density at radius 1 is 1.02 bits per heavy atom. The fourth-order valence-electron chi connectivity index (χ4n) is 6.89. The van der Waals surface area contributed by atoms with E-state index in [0.29, 0.717) is 17.2 Å². The SMILES string of the molecule is C=C(OC(C)N(C(=O)c1ccc(C2=N[C@@H]3CCN(C)C[C@@H]3c3cc(CCC)c(CC)cc32)cc1)C(C)C)c1ccc(C)cc1. The molecule has 1 amide bonds. The van der Waals surface area contributed by atoms with Crippen LogP contribution in [0.1, 0.15) is 103 Å². The number of amides is 1. The lowest BCUT2D eigenvalue weighted by Crippen LogP contribution is -2.44. The Bertz CT molecular complexity index is 1520. The predicted molar refractivity (Wildman–Crippen MR) is 183 cm³/mol. The minimum atomic E-state index is -0.475. The van der Waals surface area contributed by atoms with E-state index in [9.17, 15) is 4.79 Å². The zero-order valence-electron chi connectivity index (χ0n) is 27.7. The number of ether oxygens (including phenoxy) is 1. The molecule has 2 aliphatic rings. The fourth-order valence-corrected chi connectivity index (χ4v) is 6.89. The van der Waals surface area contributed by atoms with Crippen LogP contribution in [0.4, 0.5) is 0 Å². The molecule has 5 nitrogen and oxygen atoms in total. The molecule has 0 saturated carbocycles. The van der Waals surface area contributed by atoms with Gasteiger partial charge in [-0.1, -0.05) is 74.9 Å². The maximum atomic E-state index is 13.9. The Hall–Kier alpha value is -3.70. The summed E-state index contributed by atoms with van der Waals surface area (Å²) in [5.41, 5.74) is 10.5. The normalized spacial score (nSPS) is 18.7. The molecule has 3 aromatic rings. The summed E-state index contributed by atoms with van der Waals surface area (Å²) in [6.45, 7) is 18.8. The Kier molecular flexibility index (Phi) is 9.75. The van der Waals surface area contributed by atoms with Gasteiger partial charge in [0.15, 0.2) is 6.23 Å². The van der Waals surface area contributed by atoms with Crippen LogP contribution in [0, 0.1) is 6.92 Å².